The molecule has 6 nitrogen and oxygen atoms in total. The summed E-state index contributed by atoms with van der Waals surface area (Å²) in [7, 11) is 1.86. The molecule has 0 aliphatic heterocycles. The van der Waals surface area contributed by atoms with Crippen LogP contribution in [0.3, 0.4) is 0 Å². The number of hydrogen-bond donors (Lipinski definition) is 2. The second-order valence-corrected chi connectivity index (χ2v) is 6.21. The average Bonchev–Trinajstić information content (AvgIpc) is 3.01. The van der Waals surface area contributed by atoms with Crippen molar-refractivity contribution in [2.75, 3.05) is 5.32 Å². The van der Waals surface area contributed by atoms with Gasteiger partial charge in [0.1, 0.15) is 6.33 Å². The summed E-state index contributed by atoms with van der Waals surface area (Å²) in [6, 6.07) is 16.5. The topological polar surface area (TPSA) is 80.0 Å². The van der Waals surface area contributed by atoms with Crippen LogP contribution in [0, 0.1) is 0 Å². The first kappa shape index (κ1) is 16.9. The van der Waals surface area contributed by atoms with Crippen LogP contribution in [-0.2, 0) is 17.4 Å². The first-order valence-electron chi connectivity index (χ1n) is 7.98. The number of carbonyl (C=O) groups excluding carboxylic acids is 1. The molecule has 1 aromatic heterocycles. The highest BCUT2D eigenvalue weighted by Crippen LogP contribution is 2.25. The lowest BCUT2D eigenvalue weighted by atomic mass is 9.92. The van der Waals surface area contributed by atoms with Crippen molar-refractivity contribution in [1.29, 1.82) is 0 Å². The van der Waals surface area contributed by atoms with E-state index < -0.39 is 5.60 Å². The Balaban J connectivity index is 1.72. The molecule has 2 aromatic carbocycles. The molecule has 1 atom stereocenters. The zero-order valence-electron chi connectivity index (χ0n) is 14.2. The number of benzene rings is 2. The molecule has 128 valence electrons. The Morgan fingerprint density at radius 3 is 2.64 bits per heavy atom. The predicted molar refractivity (Wildman–Crippen MR) is 95.7 cm³/mol. The van der Waals surface area contributed by atoms with Crippen molar-refractivity contribution in [1.82, 2.24) is 14.8 Å². The number of aryl methyl sites for hydroxylation is 1. The number of rotatable bonds is 5. The second kappa shape index (κ2) is 6.86. The molecule has 3 aromatic rings. The van der Waals surface area contributed by atoms with Crippen molar-refractivity contribution < 1.29 is 9.90 Å². The third-order valence-electron chi connectivity index (χ3n) is 4.02. The van der Waals surface area contributed by atoms with E-state index in [2.05, 4.69) is 15.5 Å². The van der Waals surface area contributed by atoms with Crippen LogP contribution in [-0.4, -0.2) is 25.8 Å². The lowest BCUT2D eigenvalue weighted by Gasteiger charge is -2.23. The van der Waals surface area contributed by atoms with Crippen LogP contribution in [0.4, 0.5) is 5.69 Å². The van der Waals surface area contributed by atoms with Gasteiger partial charge >= 0.3 is 0 Å². The number of aliphatic hydroxyl groups is 1. The van der Waals surface area contributed by atoms with E-state index >= 15 is 0 Å². The van der Waals surface area contributed by atoms with E-state index in [0.717, 1.165) is 5.56 Å². The van der Waals surface area contributed by atoms with E-state index in [1.54, 1.807) is 23.9 Å². The van der Waals surface area contributed by atoms with Gasteiger partial charge in [0.25, 0.3) is 0 Å². The maximum absolute atomic E-state index is 12.4. The van der Waals surface area contributed by atoms with Crippen molar-refractivity contribution in [3.05, 3.63) is 66.5 Å². The van der Waals surface area contributed by atoms with Crippen LogP contribution in [0.1, 0.15) is 18.9 Å². The number of anilines is 1. The van der Waals surface area contributed by atoms with Gasteiger partial charge in [0.15, 0.2) is 5.82 Å². The molecule has 25 heavy (non-hydrogen) atoms. The fourth-order valence-electron chi connectivity index (χ4n) is 2.70. The molecule has 0 bridgehead atoms. The normalized spacial score (nSPS) is 13.2. The van der Waals surface area contributed by atoms with Crippen LogP contribution in [0.2, 0.25) is 0 Å². The summed E-state index contributed by atoms with van der Waals surface area (Å²) < 4.78 is 1.81. The number of hydrogen-bond acceptors (Lipinski definition) is 4. The Bertz CT molecular complexity index is 872. The molecule has 0 fully saturated rings. The molecular weight excluding hydrogens is 316 g/mol. The zero-order chi connectivity index (χ0) is 17.9. The molecule has 1 unspecified atom stereocenters. The second-order valence-electron chi connectivity index (χ2n) is 6.21. The van der Waals surface area contributed by atoms with E-state index in [0.29, 0.717) is 17.1 Å². The smallest absolute Gasteiger partial charge is 0.227 e. The van der Waals surface area contributed by atoms with Gasteiger partial charge in [0.2, 0.25) is 5.91 Å². The van der Waals surface area contributed by atoms with Gasteiger partial charge in [-0.3, -0.25) is 4.79 Å². The molecule has 1 heterocycles. The number of amides is 1. The van der Waals surface area contributed by atoms with Gasteiger partial charge in [-0.1, -0.05) is 42.5 Å². The van der Waals surface area contributed by atoms with Crippen LogP contribution in [0.15, 0.2) is 60.9 Å². The fraction of sp³-hybridized carbons (Fsp3) is 0.211. The molecule has 0 aliphatic carbocycles. The minimum absolute atomic E-state index is 0.0365. The van der Waals surface area contributed by atoms with E-state index in [1.807, 2.05) is 55.6 Å². The van der Waals surface area contributed by atoms with Gasteiger partial charge in [-0.25, -0.2) is 0 Å². The molecular formula is C19H20N4O2. The molecule has 0 radical (unpaired) electrons. The Labute approximate surface area is 146 Å². The largest absolute Gasteiger partial charge is 0.385 e. The van der Waals surface area contributed by atoms with Gasteiger partial charge < -0.3 is 15.0 Å². The average molecular weight is 336 g/mol. The molecule has 6 heteroatoms. The summed E-state index contributed by atoms with van der Waals surface area (Å²) in [5.74, 6) is 0.455. The van der Waals surface area contributed by atoms with Gasteiger partial charge in [-0.15, -0.1) is 10.2 Å². The lowest BCUT2D eigenvalue weighted by molar-refractivity contribution is -0.120. The number of carbonyl (C=O) groups is 1. The first-order chi connectivity index (χ1) is 12.0. The van der Waals surface area contributed by atoms with Crippen LogP contribution >= 0.6 is 0 Å². The van der Waals surface area contributed by atoms with Crippen molar-refractivity contribution in [3.8, 4) is 11.4 Å². The Kier molecular flexibility index (Phi) is 4.63. The van der Waals surface area contributed by atoms with Crippen molar-refractivity contribution >= 4 is 11.6 Å². The number of nitrogens with one attached hydrogen (secondary N) is 1. The van der Waals surface area contributed by atoms with Gasteiger partial charge in [-0.05, 0) is 24.6 Å². The summed E-state index contributed by atoms with van der Waals surface area (Å²) in [5, 5.41) is 21.4. The first-order valence-corrected chi connectivity index (χ1v) is 7.98. The molecule has 3 rings (SSSR count). The highest BCUT2D eigenvalue weighted by Gasteiger charge is 2.26. The maximum atomic E-state index is 12.4. The van der Waals surface area contributed by atoms with Crippen LogP contribution in [0.25, 0.3) is 11.4 Å². The van der Waals surface area contributed by atoms with E-state index in [-0.39, 0.29) is 12.3 Å². The quantitative estimate of drug-likeness (QED) is 0.751. The SMILES string of the molecule is Cn1cnnc1-c1cccc(NC(=O)CC(C)(O)c2ccccc2)c1. The van der Waals surface area contributed by atoms with Crippen molar-refractivity contribution in [2.45, 2.75) is 18.9 Å². The van der Waals surface area contributed by atoms with Crippen molar-refractivity contribution in [3.63, 3.8) is 0 Å². The molecule has 2 N–H and O–H groups in total. The monoisotopic (exact) mass is 336 g/mol. The summed E-state index contributed by atoms with van der Waals surface area (Å²) in [5.41, 5.74) is 0.979. The predicted octanol–water partition coefficient (Wildman–Crippen LogP) is 2.72. The summed E-state index contributed by atoms with van der Waals surface area (Å²) in [4.78, 5) is 12.4. The number of nitrogens with zero attached hydrogens (tertiary/aromatic N) is 3. The standard InChI is InChI=1S/C19H20N4O2/c1-19(25,15-8-4-3-5-9-15)12-17(24)21-16-10-6-7-14(11-16)18-22-20-13-23(18)2/h3-11,13,25H,12H2,1-2H3,(H,21,24). The van der Waals surface area contributed by atoms with E-state index in [9.17, 15) is 9.90 Å². The Hall–Kier alpha value is -2.99. The lowest BCUT2D eigenvalue weighted by Crippen LogP contribution is -2.28. The molecule has 0 saturated carbocycles. The minimum Gasteiger partial charge on any atom is -0.385 e. The molecule has 1 amide bonds. The minimum atomic E-state index is -1.23. The zero-order valence-corrected chi connectivity index (χ0v) is 14.2. The fourth-order valence-corrected chi connectivity index (χ4v) is 2.70. The third-order valence-corrected chi connectivity index (χ3v) is 4.02. The van der Waals surface area contributed by atoms with Gasteiger partial charge in [-0.2, -0.15) is 0 Å². The highest BCUT2D eigenvalue weighted by molar-refractivity contribution is 5.92. The summed E-state index contributed by atoms with van der Waals surface area (Å²) in [6.45, 7) is 1.64. The van der Waals surface area contributed by atoms with Crippen LogP contribution < -0.4 is 5.32 Å². The Morgan fingerprint density at radius 1 is 1.20 bits per heavy atom. The molecule has 0 aliphatic rings. The van der Waals surface area contributed by atoms with Crippen LogP contribution in [0.5, 0.6) is 0 Å². The van der Waals surface area contributed by atoms with Gasteiger partial charge in [0.05, 0.1) is 12.0 Å². The van der Waals surface area contributed by atoms with Gasteiger partial charge in [0, 0.05) is 18.3 Å². The molecule has 0 spiro atoms. The Morgan fingerprint density at radius 2 is 1.96 bits per heavy atom. The molecule has 0 saturated heterocycles. The number of aromatic nitrogens is 3. The van der Waals surface area contributed by atoms with E-state index in [1.165, 1.54) is 0 Å². The highest BCUT2D eigenvalue weighted by atomic mass is 16.3. The summed E-state index contributed by atoms with van der Waals surface area (Å²) >= 11 is 0. The van der Waals surface area contributed by atoms with E-state index in [4.69, 9.17) is 0 Å². The van der Waals surface area contributed by atoms with Crippen molar-refractivity contribution in [2.24, 2.45) is 7.05 Å². The maximum Gasteiger partial charge on any atom is 0.227 e. The summed E-state index contributed by atoms with van der Waals surface area (Å²) in [6.07, 6.45) is 1.59. The third kappa shape index (κ3) is 3.92.